The third-order valence-corrected chi connectivity index (χ3v) is 15.4. The van der Waals surface area contributed by atoms with Crippen molar-refractivity contribution in [2.45, 2.75) is 140 Å². The number of carbonyl (C=O) groups is 2. The van der Waals surface area contributed by atoms with Crippen molar-refractivity contribution < 1.29 is 48.1 Å². The van der Waals surface area contributed by atoms with Crippen LogP contribution in [0.15, 0.2) is 89.5 Å². The van der Waals surface area contributed by atoms with Crippen molar-refractivity contribution in [3.8, 4) is 11.3 Å². The van der Waals surface area contributed by atoms with Crippen LogP contribution in [0.3, 0.4) is 0 Å². The number of rotatable bonds is 14. The Bertz CT molecular complexity index is 2680. The van der Waals surface area contributed by atoms with Gasteiger partial charge in [-0.3, -0.25) is 0 Å². The topological polar surface area (TPSA) is 162 Å². The van der Waals surface area contributed by atoms with Crippen LogP contribution in [0.5, 0.6) is 0 Å². The van der Waals surface area contributed by atoms with E-state index in [4.69, 9.17) is 28.4 Å². The lowest BCUT2D eigenvalue weighted by Gasteiger charge is -2.24. The number of esters is 2. The minimum Gasteiger partial charge on any atom is -0.465 e. The highest BCUT2D eigenvalue weighted by molar-refractivity contribution is 9.10. The van der Waals surface area contributed by atoms with Gasteiger partial charge < -0.3 is 48.4 Å². The molecule has 4 N–H and O–H groups in total. The lowest BCUT2D eigenvalue weighted by Crippen LogP contribution is -2.33. The normalized spacial score (nSPS) is 18.7. The molecule has 6 aromatic rings. The number of hydrogen-bond acceptors (Lipinski definition) is 10. The molecule has 2 aliphatic carbocycles. The van der Waals surface area contributed by atoms with Gasteiger partial charge in [0.15, 0.2) is 12.6 Å². The van der Waals surface area contributed by atoms with Gasteiger partial charge in [0.05, 0.1) is 48.9 Å². The van der Waals surface area contributed by atoms with Crippen molar-refractivity contribution in [1.29, 1.82) is 0 Å². The molecule has 4 heterocycles. The monoisotopic (exact) mass is 1050 g/mol. The molecule has 0 amide bonds. The number of nitrogens with one attached hydrogen (secondary N) is 2. The van der Waals surface area contributed by atoms with Gasteiger partial charge in [-0.05, 0) is 157 Å². The van der Waals surface area contributed by atoms with Crippen molar-refractivity contribution >= 4 is 62.3 Å². The van der Waals surface area contributed by atoms with Gasteiger partial charge in [-0.15, -0.1) is 0 Å². The van der Waals surface area contributed by atoms with Gasteiger partial charge in [-0.1, -0.05) is 99.2 Å². The molecular weight excluding hydrogens is 975 g/mol. The van der Waals surface area contributed by atoms with Crippen molar-refractivity contribution in [3.63, 3.8) is 0 Å². The largest absolute Gasteiger partial charge is 0.488 e. The Kier molecular flexibility index (Phi) is 20.0. The molecule has 384 valence electrons. The average molecular weight is 1050 g/mol. The maximum absolute atomic E-state index is 12.2. The van der Waals surface area contributed by atoms with Gasteiger partial charge in [0.2, 0.25) is 0 Å². The molecule has 0 bridgehead atoms. The lowest BCUT2D eigenvalue weighted by molar-refractivity contribution is -0.161. The molecule has 4 aromatic carbocycles. The van der Waals surface area contributed by atoms with E-state index in [0.717, 1.165) is 72.9 Å². The molecule has 2 aromatic heterocycles. The molecule has 4 aliphatic rings. The molecule has 0 spiro atoms. The van der Waals surface area contributed by atoms with E-state index in [-0.39, 0.29) is 24.5 Å². The number of fused-ring (bicyclic) bond motifs is 2. The fourth-order valence-electron chi connectivity index (χ4n) is 11.0. The SMILES string of the molecule is COC(=O)c1ccc2c(C3CCCCC3)c(-c3ccccc3CCOC3CCCCO3)[nH]c2c1.COC(=O)c1ccc2c(C3CCCCC3)c(Br)[nH]c2c1.OB(O)c1ccccc1CCOC1CCCCO1. The highest BCUT2D eigenvalue weighted by Crippen LogP contribution is 2.44. The van der Waals surface area contributed by atoms with Gasteiger partial charge in [0.25, 0.3) is 0 Å². The zero-order valence-electron chi connectivity index (χ0n) is 42.1. The number of H-pyrrole nitrogens is 2. The number of benzene rings is 4. The van der Waals surface area contributed by atoms with Crippen molar-refractivity contribution in [2.75, 3.05) is 40.6 Å². The van der Waals surface area contributed by atoms with Crippen LogP contribution in [-0.4, -0.2) is 92.3 Å². The minimum atomic E-state index is -1.42. The van der Waals surface area contributed by atoms with Crippen LogP contribution in [0.25, 0.3) is 33.1 Å². The summed E-state index contributed by atoms with van der Waals surface area (Å²) in [7, 11) is 1.41. The fourth-order valence-corrected chi connectivity index (χ4v) is 11.7. The van der Waals surface area contributed by atoms with Crippen molar-refractivity contribution in [3.05, 3.63) is 123 Å². The summed E-state index contributed by atoms with van der Waals surface area (Å²) in [6, 6.07) is 27.6. The maximum Gasteiger partial charge on any atom is 0.488 e. The number of aromatic amines is 2. The van der Waals surface area contributed by atoms with Gasteiger partial charge in [-0.2, -0.15) is 0 Å². The molecule has 14 heteroatoms. The molecule has 10 rings (SSSR count). The number of aromatic nitrogens is 2. The average Bonchev–Trinajstić information content (AvgIpc) is 3.98. The summed E-state index contributed by atoms with van der Waals surface area (Å²) in [4.78, 5) is 30.8. The standard InChI is InChI=1S/C29H35NO4.C16H18BrNO2.C13H19BO4/c1-32-29(31)22-14-15-24-25(19-22)30-28(27(24)21-10-3-2-4-11-21)23-12-6-5-9-20(23)16-18-34-26-13-7-8-17-33-26;1-20-16(19)11-7-8-12-13(9-11)18-15(17)14(12)10-5-3-2-4-6-10;15-14(16)12-6-2-1-5-11(12)8-10-18-13-7-3-4-9-17-13/h5-6,9,12,14-15,19,21,26,30H,2-4,7-8,10-11,13,16-18H2,1H3;7-10,18H,2-6H2,1H3;1-2,5-6,13,15-16H,3-4,7-10H2. The number of ether oxygens (including phenoxy) is 6. The van der Waals surface area contributed by atoms with Crippen LogP contribution in [-0.2, 0) is 41.3 Å². The quantitative estimate of drug-likeness (QED) is 0.0610. The number of carbonyl (C=O) groups excluding carboxylic acids is 2. The van der Waals surface area contributed by atoms with Crippen LogP contribution in [0.2, 0.25) is 0 Å². The van der Waals surface area contributed by atoms with Crippen LogP contribution in [0.1, 0.15) is 158 Å². The third-order valence-electron chi connectivity index (χ3n) is 14.7. The van der Waals surface area contributed by atoms with Crippen LogP contribution >= 0.6 is 15.9 Å². The van der Waals surface area contributed by atoms with Gasteiger partial charge in [0.1, 0.15) is 0 Å². The summed E-state index contributed by atoms with van der Waals surface area (Å²) in [6.07, 6.45) is 20.6. The van der Waals surface area contributed by atoms with Crippen molar-refractivity contribution in [2.24, 2.45) is 0 Å². The van der Waals surface area contributed by atoms with E-state index in [1.807, 2.05) is 42.5 Å². The Morgan fingerprint density at radius 1 is 0.597 bits per heavy atom. The molecular formula is C58H72BBrN2O10. The molecule has 12 nitrogen and oxygen atoms in total. The molecule has 2 unspecified atom stereocenters. The lowest BCUT2D eigenvalue weighted by atomic mass is 9.76. The molecule has 0 radical (unpaired) electrons. The van der Waals surface area contributed by atoms with E-state index < -0.39 is 7.12 Å². The Balaban J connectivity index is 0.000000156. The third kappa shape index (κ3) is 13.9. The predicted octanol–water partition coefficient (Wildman–Crippen LogP) is 12.0. The summed E-state index contributed by atoms with van der Waals surface area (Å²) in [5.74, 6) is 0.550. The Labute approximate surface area is 433 Å². The second-order valence-electron chi connectivity index (χ2n) is 19.5. The fraction of sp³-hybridized carbons (Fsp3) is 0.483. The smallest absolute Gasteiger partial charge is 0.465 e. The zero-order chi connectivity index (χ0) is 50.2. The first-order valence-electron chi connectivity index (χ1n) is 26.3. The molecule has 2 saturated heterocycles. The molecule has 4 fully saturated rings. The number of hydrogen-bond donors (Lipinski definition) is 4. The number of halogens is 1. The second-order valence-corrected chi connectivity index (χ2v) is 20.3. The molecule has 72 heavy (non-hydrogen) atoms. The van der Waals surface area contributed by atoms with E-state index >= 15 is 0 Å². The minimum absolute atomic E-state index is 0.0662. The van der Waals surface area contributed by atoms with Gasteiger partial charge in [0, 0.05) is 40.6 Å². The molecule has 2 saturated carbocycles. The predicted molar refractivity (Wildman–Crippen MR) is 287 cm³/mol. The van der Waals surface area contributed by atoms with E-state index in [9.17, 15) is 19.6 Å². The van der Waals surface area contributed by atoms with E-state index in [1.54, 1.807) is 12.1 Å². The Hall–Kier alpha value is -4.80. The van der Waals surface area contributed by atoms with Gasteiger partial charge in [-0.25, -0.2) is 9.59 Å². The van der Waals surface area contributed by atoms with Gasteiger partial charge >= 0.3 is 19.1 Å². The summed E-state index contributed by atoms with van der Waals surface area (Å²) >= 11 is 3.65. The van der Waals surface area contributed by atoms with Crippen LogP contribution in [0, 0.1) is 0 Å². The Morgan fingerprint density at radius 2 is 1.08 bits per heavy atom. The summed E-state index contributed by atoms with van der Waals surface area (Å²) in [6.45, 7) is 2.76. The maximum atomic E-state index is 12.2. The first kappa shape index (κ1) is 53.5. The number of methoxy groups -OCH3 is 2. The van der Waals surface area contributed by atoms with Crippen LogP contribution in [0.4, 0.5) is 0 Å². The highest BCUT2D eigenvalue weighted by atomic mass is 79.9. The first-order valence-corrected chi connectivity index (χ1v) is 27.1. The summed E-state index contributed by atoms with van der Waals surface area (Å²) < 4.78 is 33.7. The van der Waals surface area contributed by atoms with E-state index in [0.29, 0.717) is 48.1 Å². The van der Waals surface area contributed by atoms with E-state index in [2.05, 4.69) is 56.2 Å². The zero-order valence-corrected chi connectivity index (χ0v) is 43.7. The van der Waals surface area contributed by atoms with E-state index in [1.165, 1.54) is 124 Å². The Morgan fingerprint density at radius 3 is 1.62 bits per heavy atom. The molecule has 2 atom stereocenters. The molecule has 2 aliphatic heterocycles. The van der Waals surface area contributed by atoms with Crippen molar-refractivity contribution in [1.82, 2.24) is 9.97 Å². The summed E-state index contributed by atoms with van der Waals surface area (Å²) in [5, 5.41) is 20.9. The highest BCUT2D eigenvalue weighted by Gasteiger charge is 2.27. The first-order chi connectivity index (χ1) is 35.2. The van der Waals surface area contributed by atoms with Crippen LogP contribution < -0.4 is 5.46 Å². The second kappa shape index (κ2) is 26.9. The summed E-state index contributed by atoms with van der Waals surface area (Å²) in [5.41, 5.74) is 11.1.